The molecule has 4 aromatic rings. The molecule has 1 aliphatic rings. The van der Waals surface area contributed by atoms with Crippen molar-refractivity contribution in [2.24, 2.45) is 0 Å². The van der Waals surface area contributed by atoms with Crippen molar-refractivity contribution >= 4 is 49.8 Å². The maximum atomic E-state index is 13.4. The van der Waals surface area contributed by atoms with Crippen molar-refractivity contribution in [1.82, 2.24) is 4.98 Å². The van der Waals surface area contributed by atoms with Gasteiger partial charge < -0.3 is 10.0 Å². The first-order chi connectivity index (χ1) is 16.8. The van der Waals surface area contributed by atoms with E-state index in [0.717, 1.165) is 32.6 Å². The van der Waals surface area contributed by atoms with Crippen LogP contribution >= 0.6 is 11.3 Å². The average Bonchev–Trinajstić information content (AvgIpc) is 3.39. The number of amides is 1. The zero-order valence-electron chi connectivity index (χ0n) is 19.9. The molecule has 6 nitrogen and oxygen atoms in total. The van der Waals surface area contributed by atoms with Crippen LogP contribution in [0.1, 0.15) is 28.3 Å². The molecule has 1 aliphatic heterocycles. The second-order valence-corrected chi connectivity index (χ2v) is 9.93. The van der Waals surface area contributed by atoms with Crippen molar-refractivity contribution in [3.63, 3.8) is 0 Å². The maximum Gasteiger partial charge on any atom is 0.301 e. The minimum absolute atomic E-state index is 0.0649. The number of aromatic nitrogens is 1. The lowest BCUT2D eigenvalue weighted by Gasteiger charge is -2.23. The van der Waals surface area contributed by atoms with E-state index in [-0.39, 0.29) is 11.3 Å². The second-order valence-electron chi connectivity index (χ2n) is 8.92. The van der Waals surface area contributed by atoms with Crippen molar-refractivity contribution in [3.05, 3.63) is 94.6 Å². The predicted molar refractivity (Wildman–Crippen MR) is 141 cm³/mol. The zero-order chi connectivity index (χ0) is 24.9. The smallest absolute Gasteiger partial charge is 0.301 e. The lowest BCUT2D eigenvalue weighted by molar-refractivity contribution is -0.132. The van der Waals surface area contributed by atoms with Gasteiger partial charge in [-0.3, -0.25) is 14.5 Å². The molecule has 1 amide bonds. The topological polar surface area (TPSA) is 73.7 Å². The first kappa shape index (κ1) is 22.8. The van der Waals surface area contributed by atoms with Crippen LogP contribution in [-0.4, -0.2) is 35.9 Å². The number of aliphatic hydroxyl groups is 1. The molecule has 1 saturated heterocycles. The summed E-state index contributed by atoms with van der Waals surface area (Å²) < 4.78 is 0.917. The Hall–Kier alpha value is -3.97. The van der Waals surface area contributed by atoms with Crippen LogP contribution in [0.3, 0.4) is 0 Å². The summed E-state index contributed by atoms with van der Waals surface area (Å²) in [4.78, 5) is 34.8. The van der Waals surface area contributed by atoms with Crippen LogP contribution in [0.2, 0.25) is 0 Å². The summed E-state index contributed by atoms with van der Waals surface area (Å²) in [5, 5.41) is 11.8. The number of nitrogens with zero attached hydrogens (tertiary/aromatic N) is 3. The number of hydrogen-bond acceptors (Lipinski definition) is 6. The van der Waals surface area contributed by atoms with E-state index in [1.54, 1.807) is 6.07 Å². The van der Waals surface area contributed by atoms with Gasteiger partial charge in [-0.1, -0.05) is 47.7 Å². The molecule has 5 rings (SSSR count). The minimum atomic E-state index is -0.798. The van der Waals surface area contributed by atoms with E-state index in [1.807, 2.05) is 93.5 Å². The Morgan fingerprint density at radius 1 is 0.971 bits per heavy atom. The molecular formula is C28H25N3O3S. The first-order valence-electron chi connectivity index (χ1n) is 11.3. The van der Waals surface area contributed by atoms with Crippen LogP contribution in [0.25, 0.3) is 16.0 Å². The van der Waals surface area contributed by atoms with Crippen LogP contribution in [0.15, 0.2) is 72.3 Å². The highest BCUT2D eigenvalue weighted by atomic mass is 32.1. The quantitative estimate of drug-likeness (QED) is 0.232. The number of anilines is 2. The number of aryl methyl sites for hydroxylation is 2. The SMILES string of the molecule is Cc1ccc(/C(O)=C2\C(=O)C(=O)N(c3nc4ccccc4s3)C2c2ccc(N(C)C)cc2)cc1C. The van der Waals surface area contributed by atoms with Gasteiger partial charge in [0.15, 0.2) is 5.13 Å². The van der Waals surface area contributed by atoms with Gasteiger partial charge in [0.1, 0.15) is 5.76 Å². The van der Waals surface area contributed by atoms with E-state index in [1.165, 1.54) is 16.2 Å². The first-order valence-corrected chi connectivity index (χ1v) is 12.1. The van der Waals surface area contributed by atoms with Crippen LogP contribution in [0.5, 0.6) is 0 Å². The summed E-state index contributed by atoms with van der Waals surface area (Å²) in [6, 6.07) is 20.0. The van der Waals surface area contributed by atoms with Gasteiger partial charge in [0, 0.05) is 25.3 Å². The Morgan fingerprint density at radius 3 is 2.34 bits per heavy atom. The fraction of sp³-hybridized carbons (Fsp3) is 0.179. The molecule has 3 aromatic carbocycles. The molecule has 0 spiro atoms. The highest BCUT2D eigenvalue weighted by molar-refractivity contribution is 7.22. The average molecular weight is 484 g/mol. The minimum Gasteiger partial charge on any atom is -0.507 e. The third-order valence-electron chi connectivity index (χ3n) is 6.44. The van der Waals surface area contributed by atoms with Crippen molar-refractivity contribution in [1.29, 1.82) is 0 Å². The highest BCUT2D eigenvalue weighted by Gasteiger charge is 2.48. The number of thiazole rings is 1. The molecule has 1 atom stereocenters. The number of ketones is 1. The van der Waals surface area contributed by atoms with Gasteiger partial charge in [0.2, 0.25) is 0 Å². The number of fused-ring (bicyclic) bond motifs is 1. The van der Waals surface area contributed by atoms with Gasteiger partial charge in [0.25, 0.3) is 5.78 Å². The third-order valence-corrected chi connectivity index (χ3v) is 7.47. The van der Waals surface area contributed by atoms with Crippen molar-refractivity contribution in [3.8, 4) is 0 Å². The number of rotatable bonds is 4. The number of hydrogen-bond donors (Lipinski definition) is 1. The second kappa shape index (κ2) is 8.67. The molecule has 1 unspecified atom stereocenters. The molecular weight excluding hydrogens is 458 g/mol. The molecule has 0 bridgehead atoms. The summed E-state index contributed by atoms with van der Waals surface area (Å²) in [5.74, 6) is -1.60. The standard InChI is InChI=1S/C28H25N3O3S/c1-16-9-10-19(15-17(16)2)25(32)23-24(18-11-13-20(14-12-18)30(3)4)31(27(34)26(23)33)28-29-21-7-5-6-8-22(21)35-28/h5-15,24,32H,1-4H3/b25-23+. The molecule has 7 heteroatoms. The fourth-order valence-electron chi connectivity index (χ4n) is 4.31. The van der Waals surface area contributed by atoms with Gasteiger partial charge in [0.05, 0.1) is 21.8 Å². The van der Waals surface area contributed by atoms with Gasteiger partial charge in [-0.25, -0.2) is 4.98 Å². The summed E-state index contributed by atoms with van der Waals surface area (Å²) in [6.07, 6.45) is 0. The molecule has 1 fully saturated rings. The summed E-state index contributed by atoms with van der Waals surface area (Å²) in [7, 11) is 3.89. The molecule has 35 heavy (non-hydrogen) atoms. The number of aliphatic hydroxyl groups excluding tert-OH is 1. The number of para-hydroxylation sites is 1. The lowest BCUT2D eigenvalue weighted by atomic mass is 9.94. The fourth-order valence-corrected chi connectivity index (χ4v) is 5.30. The Kier molecular flexibility index (Phi) is 5.65. The largest absolute Gasteiger partial charge is 0.507 e. The molecule has 0 aliphatic carbocycles. The van der Waals surface area contributed by atoms with E-state index in [4.69, 9.17) is 0 Å². The zero-order valence-corrected chi connectivity index (χ0v) is 20.8. The monoisotopic (exact) mass is 483 g/mol. The van der Waals surface area contributed by atoms with Gasteiger partial charge in [-0.15, -0.1) is 0 Å². The molecule has 1 aromatic heterocycles. The Labute approximate surface area is 207 Å². The lowest BCUT2D eigenvalue weighted by Crippen LogP contribution is -2.29. The number of benzene rings is 3. The van der Waals surface area contributed by atoms with Crippen molar-refractivity contribution in [2.75, 3.05) is 23.9 Å². The maximum absolute atomic E-state index is 13.4. The number of Topliss-reactive ketones (excluding diaryl/α,β-unsaturated/α-hetero) is 1. The Balaban J connectivity index is 1.72. The molecule has 2 heterocycles. The number of carbonyl (C=O) groups excluding carboxylic acids is 2. The van der Waals surface area contributed by atoms with Crippen LogP contribution in [0, 0.1) is 13.8 Å². The van der Waals surface area contributed by atoms with Crippen molar-refractivity contribution < 1.29 is 14.7 Å². The van der Waals surface area contributed by atoms with Crippen LogP contribution < -0.4 is 9.80 Å². The Bertz CT molecular complexity index is 1470. The van der Waals surface area contributed by atoms with Crippen molar-refractivity contribution in [2.45, 2.75) is 19.9 Å². The van der Waals surface area contributed by atoms with E-state index in [0.29, 0.717) is 10.7 Å². The van der Waals surface area contributed by atoms with E-state index in [2.05, 4.69) is 4.98 Å². The molecule has 1 N–H and O–H groups in total. The summed E-state index contributed by atoms with van der Waals surface area (Å²) >= 11 is 1.35. The normalized spacial score (nSPS) is 17.4. The predicted octanol–water partition coefficient (Wildman–Crippen LogP) is 5.61. The molecule has 176 valence electrons. The summed E-state index contributed by atoms with van der Waals surface area (Å²) in [5.41, 5.74) is 5.10. The Morgan fingerprint density at radius 2 is 1.69 bits per heavy atom. The van der Waals surface area contributed by atoms with E-state index >= 15 is 0 Å². The van der Waals surface area contributed by atoms with Gasteiger partial charge in [-0.2, -0.15) is 0 Å². The summed E-state index contributed by atoms with van der Waals surface area (Å²) in [6.45, 7) is 3.93. The molecule has 0 saturated carbocycles. The van der Waals surface area contributed by atoms with Crippen LogP contribution in [-0.2, 0) is 9.59 Å². The number of carbonyl (C=O) groups is 2. The highest BCUT2D eigenvalue weighted by Crippen LogP contribution is 2.44. The molecule has 0 radical (unpaired) electrons. The third kappa shape index (κ3) is 3.88. The van der Waals surface area contributed by atoms with E-state index in [9.17, 15) is 14.7 Å². The van der Waals surface area contributed by atoms with E-state index < -0.39 is 17.7 Å². The van der Waals surface area contributed by atoms with Gasteiger partial charge >= 0.3 is 5.91 Å². The van der Waals surface area contributed by atoms with Gasteiger partial charge in [-0.05, 0) is 60.9 Å². The van der Waals surface area contributed by atoms with Crippen LogP contribution in [0.4, 0.5) is 10.8 Å².